The van der Waals surface area contributed by atoms with Crippen molar-refractivity contribution in [2.75, 3.05) is 18.4 Å². The summed E-state index contributed by atoms with van der Waals surface area (Å²) in [7, 11) is -3.35. The van der Waals surface area contributed by atoms with E-state index in [0.29, 0.717) is 37.5 Å². The highest BCUT2D eigenvalue weighted by molar-refractivity contribution is 7.92. The lowest BCUT2D eigenvalue weighted by Gasteiger charge is -2.30. The average molecular weight is 335 g/mol. The Hall–Kier alpha value is -2.26. The number of hydrogen-bond acceptors (Lipinski definition) is 6. The van der Waals surface area contributed by atoms with Gasteiger partial charge in [-0.15, -0.1) is 0 Å². The van der Waals surface area contributed by atoms with Crippen LogP contribution in [-0.2, 0) is 10.0 Å². The summed E-state index contributed by atoms with van der Waals surface area (Å²) >= 11 is 0. The fourth-order valence-corrected chi connectivity index (χ4v) is 3.48. The average Bonchev–Trinajstić information content (AvgIpc) is 2.55. The Morgan fingerprint density at radius 1 is 1.35 bits per heavy atom. The highest BCUT2D eigenvalue weighted by Crippen LogP contribution is 2.18. The van der Waals surface area contributed by atoms with Gasteiger partial charge in [0.15, 0.2) is 0 Å². The van der Waals surface area contributed by atoms with Gasteiger partial charge in [-0.05, 0) is 18.9 Å². The van der Waals surface area contributed by atoms with Gasteiger partial charge in [-0.25, -0.2) is 13.4 Å². The second-order valence-corrected chi connectivity index (χ2v) is 7.23. The first-order chi connectivity index (χ1) is 11.0. The largest absolute Gasteiger partial charge is 0.351 e. The third-order valence-electron chi connectivity index (χ3n) is 3.83. The molecule has 3 heterocycles. The molecule has 2 aromatic heterocycles. The minimum atomic E-state index is -3.35. The van der Waals surface area contributed by atoms with Gasteiger partial charge in [0.05, 0.1) is 0 Å². The first-order valence-corrected chi connectivity index (χ1v) is 8.73. The van der Waals surface area contributed by atoms with E-state index in [1.165, 1.54) is 10.4 Å². The molecule has 0 bridgehead atoms. The van der Waals surface area contributed by atoms with Gasteiger partial charge in [-0.1, -0.05) is 6.58 Å². The minimum absolute atomic E-state index is 0.0825. The second-order valence-electron chi connectivity index (χ2n) is 5.35. The van der Waals surface area contributed by atoms with Gasteiger partial charge in [0, 0.05) is 42.2 Å². The fourth-order valence-electron chi connectivity index (χ4n) is 2.55. The summed E-state index contributed by atoms with van der Waals surface area (Å²) in [5.41, 5.74) is 0.256. The molecule has 0 atom stereocenters. The lowest BCUT2D eigenvalue weighted by molar-refractivity contribution is 0.332. The van der Waals surface area contributed by atoms with Crippen LogP contribution in [0.5, 0.6) is 0 Å². The topological polar surface area (TPSA) is 108 Å². The van der Waals surface area contributed by atoms with Crippen LogP contribution in [0, 0.1) is 0 Å². The highest BCUT2D eigenvalue weighted by Gasteiger charge is 2.26. The third-order valence-corrected chi connectivity index (χ3v) is 5.34. The number of hydrogen-bond donors (Lipinski definition) is 2. The second kappa shape index (κ2) is 6.09. The number of fused-ring (bicyclic) bond motifs is 1. The minimum Gasteiger partial charge on any atom is -0.351 e. The van der Waals surface area contributed by atoms with Gasteiger partial charge in [0.25, 0.3) is 0 Å². The molecule has 0 aliphatic carbocycles. The normalized spacial score (nSPS) is 17.2. The molecule has 0 spiro atoms. The van der Waals surface area contributed by atoms with Crippen molar-refractivity contribution in [3.8, 4) is 0 Å². The molecule has 1 fully saturated rings. The van der Waals surface area contributed by atoms with Crippen molar-refractivity contribution in [1.29, 1.82) is 0 Å². The zero-order valence-electron chi connectivity index (χ0n) is 12.4. The molecule has 1 saturated heterocycles. The van der Waals surface area contributed by atoms with E-state index in [9.17, 15) is 13.2 Å². The van der Waals surface area contributed by atoms with Crippen molar-refractivity contribution in [2.45, 2.75) is 18.9 Å². The Bertz CT molecular complexity index is 885. The van der Waals surface area contributed by atoms with E-state index >= 15 is 0 Å². The number of anilines is 1. The van der Waals surface area contributed by atoms with Crippen LogP contribution in [0.1, 0.15) is 12.8 Å². The summed E-state index contributed by atoms with van der Waals surface area (Å²) in [5, 5.41) is 4.92. The monoisotopic (exact) mass is 335 g/mol. The molecule has 3 rings (SSSR count). The van der Waals surface area contributed by atoms with Gasteiger partial charge < -0.3 is 10.3 Å². The van der Waals surface area contributed by atoms with Crippen LogP contribution in [0.4, 0.5) is 5.95 Å². The SMILES string of the molecule is C=CS(=O)(=O)N1CCC(Nc2ncc3ccc(=O)[nH]c3n2)CC1. The summed E-state index contributed by atoms with van der Waals surface area (Å²) in [6, 6.07) is 3.17. The van der Waals surface area contributed by atoms with Crippen molar-refractivity contribution in [3.05, 3.63) is 40.7 Å². The van der Waals surface area contributed by atoms with Crippen LogP contribution in [0.15, 0.2) is 35.1 Å². The van der Waals surface area contributed by atoms with Crippen LogP contribution in [-0.4, -0.2) is 46.8 Å². The van der Waals surface area contributed by atoms with E-state index in [1.807, 2.05) is 0 Å². The van der Waals surface area contributed by atoms with Gasteiger partial charge >= 0.3 is 0 Å². The Balaban J connectivity index is 1.69. The Morgan fingerprint density at radius 2 is 2.09 bits per heavy atom. The summed E-state index contributed by atoms with van der Waals surface area (Å²) in [4.78, 5) is 22.5. The maximum absolute atomic E-state index is 11.7. The molecule has 2 aromatic rings. The Morgan fingerprint density at radius 3 is 2.78 bits per heavy atom. The van der Waals surface area contributed by atoms with E-state index in [0.717, 1.165) is 10.8 Å². The zero-order valence-corrected chi connectivity index (χ0v) is 13.2. The van der Waals surface area contributed by atoms with E-state index in [4.69, 9.17) is 0 Å². The number of sulfonamides is 1. The van der Waals surface area contributed by atoms with Crippen LogP contribution < -0.4 is 10.9 Å². The number of nitrogens with one attached hydrogen (secondary N) is 2. The maximum Gasteiger partial charge on any atom is 0.249 e. The molecule has 1 aliphatic rings. The molecule has 0 unspecified atom stereocenters. The van der Waals surface area contributed by atoms with Gasteiger partial charge in [-0.3, -0.25) is 4.79 Å². The molecule has 8 nitrogen and oxygen atoms in total. The summed E-state index contributed by atoms with van der Waals surface area (Å²) in [5.74, 6) is 0.421. The van der Waals surface area contributed by atoms with E-state index < -0.39 is 10.0 Å². The van der Waals surface area contributed by atoms with Crippen LogP contribution in [0.3, 0.4) is 0 Å². The molecule has 9 heteroatoms. The first kappa shape index (κ1) is 15.6. The first-order valence-electron chi connectivity index (χ1n) is 7.23. The molecule has 0 saturated carbocycles. The van der Waals surface area contributed by atoms with E-state index in [1.54, 1.807) is 12.3 Å². The number of rotatable bonds is 4. The van der Waals surface area contributed by atoms with Crippen LogP contribution in [0.2, 0.25) is 0 Å². The summed E-state index contributed by atoms with van der Waals surface area (Å²) in [6.07, 6.45) is 2.94. The van der Waals surface area contributed by atoms with E-state index in [-0.39, 0.29) is 11.6 Å². The Labute approximate surface area is 133 Å². The summed E-state index contributed by atoms with van der Waals surface area (Å²) < 4.78 is 24.9. The van der Waals surface area contributed by atoms with Crippen LogP contribution in [0.25, 0.3) is 11.0 Å². The predicted octanol–water partition coefficient (Wildman–Crippen LogP) is 0.668. The van der Waals surface area contributed by atoms with Gasteiger partial charge in [0.2, 0.25) is 21.5 Å². The quantitative estimate of drug-likeness (QED) is 0.850. The lowest BCUT2D eigenvalue weighted by Crippen LogP contribution is -2.41. The van der Waals surface area contributed by atoms with Gasteiger partial charge in [0.1, 0.15) is 5.65 Å². The maximum atomic E-state index is 11.7. The lowest BCUT2D eigenvalue weighted by atomic mass is 10.1. The molecule has 0 radical (unpaired) electrons. The molecule has 0 amide bonds. The van der Waals surface area contributed by atoms with Gasteiger partial charge in [-0.2, -0.15) is 9.29 Å². The number of nitrogens with zero attached hydrogens (tertiary/aromatic N) is 3. The van der Waals surface area contributed by atoms with E-state index in [2.05, 4.69) is 26.8 Å². The molecule has 1 aliphatic heterocycles. The molecule has 122 valence electrons. The van der Waals surface area contributed by atoms with Crippen LogP contribution >= 0.6 is 0 Å². The van der Waals surface area contributed by atoms with Crippen molar-refractivity contribution >= 4 is 27.0 Å². The van der Waals surface area contributed by atoms with Crippen molar-refractivity contribution in [3.63, 3.8) is 0 Å². The third kappa shape index (κ3) is 3.40. The number of H-pyrrole nitrogens is 1. The zero-order chi connectivity index (χ0) is 16.4. The van der Waals surface area contributed by atoms with Crippen molar-refractivity contribution in [1.82, 2.24) is 19.3 Å². The standard InChI is InChI=1S/C14H17N5O3S/c1-2-23(21,22)19-7-5-11(6-8-19)16-14-15-9-10-3-4-12(20)17-13(10)18-14/h2-4,9,11H,1,5-8H2,(H2,15,16,17,18,20). The number of pyridine rings is 1. The highest BCUT2D eigenvalue weighted by atomic mass is 32.2. The number of aromatic nitrogens is 3. The fraction of sp³-hybridized carbons (Fsp3) is 0.357. The molecule has 23 heavy (non-hydrogen) atoms. The molecular weight excluding hydrogens is 318 g/mol. The summed E-state index contributed by atoms with van der Waals surface area (Å²) in [6.45, 7) is 4.19. The molecule has 0 aromatic carbocycles. The predicted molar refractivity (Wildman–Crippen MR) is 87.5 cm³/mol. The van der Waals surface area contributed by atoms with Crippen molar-refractivity contribution < 1.29 is 8.42 Å². The smallest absolute Gasteiger partial charge is 0.249 e. The van der Waals surface area contributed by atoms with Crippen molar-refractivity contribution in [2.24, 2.45) is 0 Å². The molecular formula is C14H17N5O3S. The number of aromatic amines is 1. The Kier molecular flexibility index (Phi) is 4.14. The number of piperidine rings is 1. The molecule has 2 N–H and O–H groups in total.